The summed E-state index contributed by atoms with van der Waals surface area (Å²) in [7, 11) is 1.60. The molecule has 1 aromatic carbocycles. The average Bonchev–Trinajstić information content (AvgIpc) is 2.91. The minimum absolute atomic E-state index is 0.189. The fraction of sp³-hybridized carbons (Fsp3) is 0.353. The number of fused-ring (bicyclic) bond motifs is 1. The van der Waals surface area contributed by atoms with Gasteiger partial charge >= 0.3 is 5.69 Å². The van der Waals surface area contributed by atoms with Gasteiger partial charge in [-0.2, -0.15) is 4.98 Å². The maximum absolute atomic E-state index is 12.4. The number of halogens is 1. The Morgan fingerprint density at radius 3 is 2.80 bits per heavy atom. The van der Waals surface area contributed by atoms with E-state index in [9.17, 15) is 9.59 Å². The summed E-state index contributed by atoms with van der Waals surface area (Å²) in [5.41, 5.74) is 0.869. The van der Waals surface area contributed by atoms with E-state index in [0.717, 1.165) is 16.5 Å². The van der Waals surface area contributed by atoms with Crippen LogP contribution in [0.15, 0.2) is 38.3 Å². The van der Waals surface area contributed by atoms with Gasteiger partial charge in [-0.15, -0.1) is 0 Å². The number of nitrogens with zero attached hydrogens (tertiary/aromatic N) is 3. The Kier molecular flexibility index (Phi) is 4.80. The normalized spacial score (nSPS) is 12.5. The zero-order valence-corrected chi connectivity index (χ0v) is 15.9. The SMILES string of the molecule is CCC(C)Nc1nc2c(c(=O)[nH]c(=O)n2C)n1Cc1cccc(Br)c1. The number of anilines is 1. The van der Waals surface area contributed by atoms with Gasteiger partial charge in [0.15, 0.2) is 11.2 Å². The third-order valence-electron chi connectivity index (χ3n) is 4.22. The third-order valence-corrected chi connectivity index (χ3v) is 4.72. The van der Waals surface area contributed by atoms with Crippen LogP contribution in [0.3, 0.4) is 0 Å². The lowest BCUT2D eigenvalue weighted by Gasteiger charge is -2.14. The van der Waals surface area contributed by atoms with Gasteiger partial charge in [0.25, 0.3) is 5.56 Å². The lowest BCUT2D eigenvalue weighted by atomic mass is 10.2. The van der Waals surface area contributed by atoms with Crippen molar-refractivity contribution in [3.8, 4) is 0 Å². The van der Waals surface area contributed by atoms with E-state index in [2.05, 4.69) is 38.1 Å². The van der Waals surface area contributed by atoms with Gasteiger partial charge in [-0.1, -0.05) is 35.0 Å². The molecule has 0 amide bonds. The largest absolute Gasteiger partial charge is 0.353 e. The summed E-state index contributed by atoms with van der Waals surface area (Å²) in [5, 5.41) is 3.33. The summed E-state index contributed by atoms with van der Waals surface area (Å²) in [6.45, 7) is 4.59. The number of imidazole rings is 1. The number of rotatable bonds is 5. The van der Waals surface area contributed by atoms with Gasteiger partial charge in [0.1, 0.15) is 0 Å². The lowest BCUT2D eigenvalue weighted by molar-refractivity contribution is 0.729. The van der Waals surface area contributed by atoms with Crippen molar-refractivity contribution in [2.45, 2.75) is 32.9 Å². The van der Waals surface area contributed by atoms with E-state index in [0.29, 0.717) is 23.7 Å². The molecular formula is C17H20BrN5O2. The molecule has 7 nitrogen and oxygen atoms in total. The van der Waals surface area contributed by atoms with Crippen LogP contribution in [0.2, 0.25) is 0 Å². The molecule has 0 aliphatic heterocycles. The molecule has 25 heavy (non-hydrogen) atoms. The second kappa shape index (κ2) is 6.87. The maximum Gasteiger partial charge on any atom is 0.329 e. The molecule has 2 N–H and O–H groups in total. The molecule has 132 valence electrons. The molecule has 0 saturated carbocycles. The van der Waals surface area contributed by atoms with Gasteiger partial charge in [-0.25, -0.2) is 4.79 Å². The van der Waals surface area contributed by atoms with Crippen LogP contribution >= 0.6 is 15.9 Å². The predicted molar refractivity (Wildman–Crippen MR) is 102 cm³/mol. The topological polar surface area (TPSA) is 84.7 Å². The minimum atomic E-state index is -0.473. The molecule has 0 aliphatic carbocycles. The number of hydrogen-bond donors (Lipinski definition) is 2. The van der Waals surface area contributed by atoms with Crippen LogP contribution in [0.5, 0.6) is 0 Å². The Morgan fingerprint density at radius 1 is 1.36 bits per heavy atom. The molecule has 0 saturated heterocycles. The van der Waals surface area contributed by atoms with Crippen LogP contribution in [0.4, 0.5) is 5.95 Å². The summed E-state index contributed by atoms with van der Waals surface area (Å²) in [6, 6.07) is 8.06. The zero-order valence-electron chi connectivity index (χ0n) is 14.3. The highest BCUT2D eigenvalue weighted by Crippen LogP contribution is 2.20. The quantitative estimate of drug-likeness (QED) is 0.682. The van der Waals surface area contributed by atoms with E-state index in [-0.39, 0.29) is 6.04 Å². The Morgan fingerprint density at radius 2 is 2.12 bits per heavy atom. The Bertz CT molecular complexity index is 1030. The molecule has 3 aromatic rings. The molecule has 1 atom stereocenters. The first kappa shape index (κ1) is 17.5. The summed E-state index contributed by atoms with van der Waals surface area (Å²) in [5.74, 6) is 0.580. The molecule has 0 bridgehead atoms. The summed E-state index contributed by atoms with van der Waals surface area (Å²) in [4.78, 5) is 31.2. The van der Waals surface area contributed by atoms with E-state index >= 15 is 0 Å². The molecule has 0 spiro atoms. The highest BCUT2D eigenvalue weighted by molar-refractivity contribution is 9.10. The first-order valence-electron chi connectivity index (χ1n) is 8.11. The maximum atomic E-state index is 12.4. The molecule has 0 fully saturated rings. The number of aryl methyl sites for hydroxylation is 1. The Labute approximate surface area is 152 Å². The lowest BCUT2D eigenvalue weighted by Crippen LogP contribution is -2.29. The molecule has 1 unspecified atom stereocenters. The first-order valence-corrected chi connectivity index (χ1v) is 8.90. The highest BCUT2D eigenvalue weighted by Gasteiger charge is 2.18. The molecule has 2 heterocycles. The van der Waals surface area contributed by atoms with E-state index in [1.807, 2.05) is 35.8 Å². The second-order valence-electron chi connectivity index (χ2n) is 6.10. The standard InChI is InChI=1S/C17H20BrN5O2/c1-4-10(2)19-16-20-14-13(15(24)21-17(25)22(14)3)23(16)9-11-6-5-7-12(18)8-11/h5-8,10H,4,9H2,1-3H3,(H,19,20)(H,21,24,25). The first-order chi connectivity index (χ1) is 11.9. The molecule has 0 radical (unpaired) electrons. The van der Waals surface area contributed by atoms with Crippen molar-refractivity contribution in [1.29, 1.82) is 0 Å². The second-order valence-corrected chi connectivity index (χ2v) is 7.01. The molecule has 0 aliphatic rings. The third kappa shape index (κ3) is 3.39. The van der Waals surface area contributed by atoms with Crippen molar-refractivity contribution >= 4 is 33.0 Å². The summed E-state index contributed by atoms with van der Waals surface area (Å²) >= 11 is 3.47. The van der Waals surface area contributed by atoms with Crippen molar-refractivity contribution in [3.63, 3.8) is 0 Å². The van der Waals surface area contributed by atoms with Gasteiger partial charge in [0.2, 0.25) is 5.95 Å². The molecular weight excluding hydrogens is 386 g/mol. The minimum Gasteiger partial charge on any atom is -0.353 e. The number of aromatic amines is 1. The molecule has 3 rings (SSSR count). The van der Waals surface area contributed by atoms with Gasteiger partial charge in [0, 0.05) is 17.6 Å². The molecule has 8 heteroatoms. The fourth-order valence-electron chi connectivity index (χ4n) is 2.64. The number of H-pyrrole nitrogens is 1. The number of nitrogens with one attached hydrogen (secondary N) is 2. The summed E-state index contributed by atoms with van der Waals surface area (Å²) in [6.07, 6.45) is 0.912. The summed E-state index contributed by atoms with van der Waals surface area (Å²) < 4.78 is 4.14. The zero-order chi connectivity index (χ0) is 18.1. The fourth-order valence-corrected chi connectivity index (χ4v) is 3.09. The van der Waals surface area contributed by atoms with Gasteiger partial charge in [0.05, 0.1) is 6.54 Å². The van der Waals surface area contributed by atoms with Crippen LogP contribution in [0.25, 0.3) is 11.2 Å². The van der Waals surface area contributed by atoms with E-state index in [4.69, 9.17) is 0 Å². The van der Waals surface area contributed by atoms with Crippen LogP contribution in [0, 0.1) is 0 Å². The number of aromatic nitrogens is 4. The van der Waals surface area contributed by atoms with Gasteiger partial charge in [-0.3, -0.25) is 18.9 Å². The van der Waals surface area contributed by atoms with E-state index in [1.165, 1.54) is 4.57 Å². The van der Waals surface area contributed by atoms with Crippen LogP contribution in [-0.4, -0.2) is 25.1 Å². The van der Waals surface area contributed by atoms with Crippen molar-refractivity contribution in [3.05, 3.63) is 55.1 Å². The monoisotopic (exact) mass is 405 g/mol. The van der Waals surface area contributed by atoms with Gasteiger partial charge in [-0.05, 0) is 31.0 Å². The van der Waals surface area contributed by atoms with Crippen molar-refractivity contribution in [1.82, 2.24) is 19.1 Å². The smallest absolute Gasteiger partial charge is 0.329 e. The average molecular weight is 406 g/mol. The predicted octanol–water partition coefficient (Wildman–Crippen LogP) is 2.44. The van der Waals surface area contributed by atoms with Crippen LogP contribution < -0.4 is 16.6 Å². The van der Waals surface area contributed by atoms with Crippen molar-refractivity contribution in [2.75, 3.05) is 5.32 Å². The Hall–Kier alpha value is -2.35. The molecule has 2 aromatic heterocycles. The van der Waals surface area contributed by atoms with Gasteiger partial charge < -0.3 is 5.32 Å². The van der Waals surface area contributed by atoms with Crippen molar-refractivity contribution in [2.24, 2.45) is 7.05 Å². The number of hydrogen-bond acceptors (Lipinski definition) is 4. The van der Waals surface area contributed by atoms with Crippen LogP contribution in [-0.2, 0) is 13.6 Å². The highest BCUT2D eigenvalue weighted by atomic mass is 79.9. The van der Waals surface area contributed by atoms with Crippen molar-refractivity contribution < 1.29 is 0 Å². The van der Waals surface area contributed by atoms with E-state index in [1.54, 1.807) is 7.05 Å². The van der Waals surface area contributed by atoms with Crippen LogP contribution in [0.1, 0.15) is 25.8 Å². The Balaban J connectivity index is 2.22. The van der Waals surface area contributed by atoms with E-state index < -0.39 is 11.2 Å². The number of benzene rings is 1.